The van der Waals surface area contributed by atoms with Crippen molar-refractivity contribution in [3.63, 3.8) is 0 Å². The summed E-state index contributed by atoms with van der Waals surface area (Å²) in [5.41, 5.74) is 2.50. The van der Waals surface area contributed by atoms with Gasteiger partial charge in [-0.2, -0.15) is 0 Å². The first-order valence-electron chi connectivity index (χ1n) is 13.4. The molecule has 6 rings (SSSR count). The van der Waals surface area contributed by atoms with E-state index in [1.807, 2.05) is 18.2 Å². The molecule has 1 saturated heterocycles. The van der Waals surface area contributed by atoms with Gasteiger partial charge in [0, 0.05) is 50.8 Å². The van der Waals surface area contributed by atoms with Crippen molar-refractivity contribution in [3.05, 3.63) is 76.7 Å². The Balaban J connectivity index is 1.50. The molecule has 2 aromatic heterocycles. The molecule has 2 fully saturated rings. The molecule has 0 bridgehead atoms. The predicted octanol–water partition coefficient (Wildman–Crippen LogP) is 5.19. The van der Waals surface area contributed by atoms with Gasteiger partial charge in [-0.05, 0) is 68.9 Å². The highest BCUT2D eigenvalue weighted by atomic mass is 19.2. The summed E-state index contributed by atoms with van der Waals surface area (Å²) in [7, 11) is 3.44. The van der Waals surface area contributed by atoms with Crippen molar-refractivity contribution in [2.75, 3.05) is 12.0 Å². The Hall–Kier alpha value is -3.79. The number of hydrogen-bond donors (Lipinski definition) is 0. The lowest BCUT2D eigenvalue weighted by molar-refractivity contribution is -0.120. The van der Waals surface area contributed by atoms with Gasteiger partial charge in [0.25, 0.3) is 0 Å². The third-order valence-electron chi connectivity index (χ3n) is 8.20. The number of anilines is 1. The van der Waals surface area contributed by atoms with E-state index in [-0.39, 0.29) is 23.7 Å². The number of fused-ring (bicyclic) bond motifs is 1. The highest BCUT2D eigenvalue weighted by Gasteiger charge is 2.36. The van der Waals surface area contributed by atoms with E-state index in [4.69, 9.17) is 9.72 Å². The zero-order valence-electron chi connectivity index (χ0n) is 22.0. The maximum absolute atomic E-state index is 14.3. The topological polar surface area (TPSA) is 74.3 Å². The fourth-order valence-corrected chi connectivity index (χ4v) is 6.15. The summed E-state index contributed by atoms with van der Waals surface area (Å²) in [4.78, 5) is 32.5. The standard InChI is InChI=1S/C29H31F2N5O3/c1-33-14-15-34(29(33)38)19-9-13-25-24(17-19)32-28(36(25)18-6-10-21(39-2)11-7-18)26-4-3-5-27(37)35(26)20-8-12-22(30)23(31)16-20/h8-9,12-18,21,26H,3-7,10-11H2,1-2H3/t18-,21-,26-/m0/s1. The second-order valence-electron chi connectivity index (χ2n) is 10.5. The molecule has 1 aliphatic carbocycles. The zero-order valence-corrected chi connectivity index (χ0v) is 22.0. The number of ether oxygens (including phenoxy) is 1. The molecule has 39 heavy (non-hydrogen) atoms. The fourth-order valence-electron chi connectivity index (χ4n) is 6.15. The lowest BCUT2D eigenvalue weighted by Crippen LogP contribution is -2.40. The molecule has 1 atom stereocenters. The number of aromatic nitrogens is 4. The quantitative estimate of drug-likeness (QED) is 0.353. The summed E-state index contributed by atoms with van der Waals surface area (Å²) in [6.07, 6.45) is 8.89. The van der Waals surface area contributed by atoms with E-state index in [0.717, 1.165) is 54.7 Å². The Kier molecular flexibility index (Phi) is 6.58. The number of aryl methyl sites for hydroxylation is 1. The van der Waals surface area contributed by atoms with Gasteiger partial charge < -0.3 is 18.8 Å². The molecule has 1 saturated carbocycles. The molecule has 8 nitrogen and oxygen atoms in total. The molecule has 204 valence electrons. The van der Waals surface area contributed by atoms with Crippen LogP contribution < -0.4 is 10.6 Å². The van der Waals surface area contributed by atoms with Gasteiger partial charge in [0.2, 0.25) is 5.91 Å². The van der Waals surface area contributed by atoms with Gasteiger partial charge in [-0.15, -0.1) is 0 Å². The third-order valence-corrected chi connectivity index (χ3v) is 8.20. The Labute approximate surface area is 224 Å². The van der Waals surface area contributed by atoms with Gasteiger partial charge in [-0.1, -0.05) is 0 Å². The summed E-state index contributed by atoms with van der Waals surface area (Å²) in [5, 5.41) is 0. The first kappa shape index (κ1) is 25.5. The van der Waals surface area contributed by atoms with E-state index in [0.29, 0.717) is 30.6 Å². The maximum Gasteiger partial charge on any atom is 0.332 e. The first-order chi connectivity index (χ1) is 18.9. The molecule has 1 amide bonds. The van der Waals surface area contributed by atoms with Crippen LogP contribution in [-0.4, -0.2) is 37.8 Å². The average molecular weight is 536 g/mol. The lowest BCUT2D eigenvalue weighted by Gasteiger charge is -2.37. The number of rotatable bonds is 5. The largest absolute Gasteiger partial charge is 0.381 e. The summed E-state index contributed by atoms with van der Waals surface area (Å²) in [5.74, 6) is -1.36. The van der Waals surface area contributed by atoms with Crippen molar-refractivity contribution < 1.29 is 18.3 Å². The summed E-state index contributed by atoms with van der Waals surface area (Å²) in [6.45, 7) is 0. The van der Waals surface area contributed by atoms with Gasteiger partial charge >= 0.3 is 5.69 Å². The number of hydrogen-bond acceptors (Lipinski definition) is 4. The fraction of sp³-hybridized carbons (Fsp3) is 0.414. The summed E-state index contributed by atoms with van der Waals surface area (Å²) in [6, 6.07) is 9.08. The van der Waals surface area contributed by atoms with Crippen LogP contribution in [0.4, 0.5) is 14.5 Å². The van der Waals surface area contributed by atoms with E-state index in [1.54, 1.807) is 36.0 Å². The Morgan fingerprint density at radius 2 is 1.69 bits per heavy atom. The van der Waals surface area contributed by atoms with E-state index in [2.05, 4.69) is 4.57 Å². The normalized spacial score (nSPS) is 22.1. The average Bonchev–Trinajstić information content (AvgIpc) is 3.49. The minimum atomic E-state index is -0.992. The van der Waals surface area contributed by atoms with Crippen molar-refractivity contribution in [2.45, 2.75) is 63.1 Å². The van der Waals surface area contributed by atoms with Crippen LogP contribution >= 0.6 is 0 Å². The Morgan fingerprint density at radius 3 is 2.38 bits per heavy atom. The minimum Gasteiger partial charge on any atom is -0.381 e. The smallest absolute Gasteiger partial charge is 0.332 e. The van der Waals surface area contributed by atoms with Crippen molar-refractivity contribution in [3.8, 4) is 5.69 Å². The van der Waals surface area contributed by atoms with Crippen LogP contribution in [0.3, 0.4) is 0 Å². The van der Waals surface area contributed by atoms with E-state index in [9.17, 15) is 18.4 Å². The van der Waals surface area contributed by atoms with Crippen molar-refractivity contribution in [1.82, 2.24) is 18.7 Å². The second kappa shape index (κ2) is 10.1. The summed E-state index contributed by atoms with van der Waals surface area (Å²) < 4.78 is 38.9. The van der Waals surface area contributed by atoms with Crippen LogP contribution in [0.15, 0.2) is 53.6 Å². The molecule has 2 aromatic carbocycles. The lowest BCUT2D eigenvalue weighted by atomic mass is 9.92. The second-order valence-corrected chi connectivity index (χ2v) is 10.5. The van der Waals surface area contributed by atoms with E-state index < -0.39 is 17.7 Å². The number of carbonyl (C=O) groups excluding carboxylic acids is 1. The maximum atomic E-state index is 14.3. The van der Waals surface area contributed by atoms with Gasteiger partial charge in [-0.3, -0.25) is 9.36 Å². The summed E-state index contributed by atoms with van der Waals surface area (Å²) >= 11 is 0. The van der Waals surface area contributed by atoms with E-state index >= 15 is 0 Å². The van der Waals surface area contributed by atoms with Crippen LogP contribution in [0.25, 0.3) is 16.7 Å². The number of carbonyl (C=O) groups is 1. The number of piperidine rings is 1. The highest BCUT2D eigenvalue weighted by Crippen LogP contribution is 2.41. The number of nitrogens with zero attached hydrogens (tertiary/aromatic N) is 5. The molecule has 2 aliphatic rings. The highest BCUT2D eigenvalue weighted by molar-refractivity contribution is 5.95. The molecule has 0 unspecified atom stereocenters. The monoisotopic (exact) mass is 535 g/mol. The number of benzene rings is 2. The molecular formula is C29H31F2N5O3. The number of methoxy groups -OCH3 is 1. The third kappa shape index (κ3) is 4.46. The first-order valence-corrected chi connectivity index (χ1v) is 13.4. The molecule has 3 heterocycles. The molecule has 0 radical (unpaired) electrons. The van der Waals surface area contributed by atoms with Crippen molar-refractivity contribution >= 4 is 22.6 Å². The van der Waals surface area contributed by atoms with Crippen molar-refractivity contribution in [2.24, 2.45) is 7.05 Å². The van der Waals surface area contributed by atoms with Gasteiger partial charge in [0.1, 0.15) is 5.82 Å². The Morgan fingerprint density at radius 1 is 0.923 bits per heavy atom. The molecule has 10 heteroatoms. The number of amides is 1. The van der Waals surface area contributed by atoms with Gasteiger partial charge in [-0.25, -0.2) is 18.6 Å². The van der Waals surface area contributed by atoms with Crippen molar-refractivity contribution in [1.29, 1.82) is 0 Å². The zero-order chi connectivity index (χ0) is 27.3. The molecule has 0 N–H and O–H groups in total. The van der Waals surface area contributed by atoms with E-state index in [1.165, 1.54) is 10.6 Å². The van der Waals surface area contributed by atoms with Gasteiger partial charge in [0.15, 0.2) is 11.6 Å². The molecule has 0 spiro atoms. The van der Waals surface area contributed by atoms with Crippen LogP contribution in [0.2, 0.25) is 0 Å². The predicted molar refractivity (Wildman–Crippen MR) is 143 cm³/mol. The van der Waals surface area contributed by atoms with Gasteiger partial charge in [0.05, 0.1) is 28.9 Å². The SMILES string of the molecule is CO[C@H]1CC[C@H](n2c([C@@H]3CCCC(=O)N3c3ccc(F)c(F)c3)nc3cc(-n4ccn(C)c4=O)ccc32)CC1. The molecule has 4 aromatic rings. The number of halogens is 2. The van der Waals surface area contributed by atoms with Crippen LogP contribution in [0.1, 0.15) is 62.9 Å². The molecule has 1 aliphatic heterocycles. The number of imidazole rings is 2. The van der Waals surface area contributed by atoms with Crippen LogP contribution in [0, 0.1) is 11.6 Å². The molecular weight excluding hydrogens is 504 g/mol. The Bertz CT molecular complexity index is 1600. The van der Waals surface area contributed by atoms with Crippen LogP contribution in [-0.2, 0) is 16.6 Å². The minimum absolute atomic E-state index is 0.143. The van der Waals surface area contributed by atoms with Crippen LogP contribution in [0.5, 0.6) is 0 Å².